The molecule has 0 saturated carbocycles. The molecule has 0 bridgehead atoms. The minimum Gasteiger partial charge on any atom is -0.469 e. The first-order valence-electron chi connectivity index (χ1n) is 10.0. The maximum Gasteiger partial charge on any atom is 0.490 e. The number of ether oxygens (including phenoxy) is 1. The predicted octanol–water partition coefficient (Wildman–Crippen LogP) is 4.85. The van der Waals surface area contributed by atoms with E-state index in [4.69, 9.17) is 14.0 Å². The fourth-order valence-corrected chi connectivity index (χ4v) is 3.96. The molecule has 1 heterocycles. The normalized spacial score (nSPS) is 26.7. The van der Waals surface area contributed by atoms with Crippen LogP contribution in [0, 0.1) is 11.8 Å². The van der Waals surface area contributed by atoms with Crippen LogP contribution in [0.4, 0.5) is 0 Å². The molecule has 1 aromatic carbocycles. The Morgan fingerprint density at radius 2 is 1.71 bits per heavy atom. The molecule has 150 valence electrons. The highest BCUT2D eigenvalue weighted by Crippen LogP contribution is 2.42. The Balaban J connectivity index is 2.01. The van der Waals surface area contributed by atoms with Crippen LogP contribution in [0.5, 0.6) is 0 Å². The molecule has 1 aliphatic carbocycles. The van der Waals surface area contributed by atoms with Crippen LogP contribution in [0.2, 0.25) is 0 Å². The molecule has 0 unspecified atom stereocenters. The summed E-state index contributed by atoms with van der Waals surface area (Å²) in [6.07, 6.45) is 5.75. The molecule has 2 aliphatic rings. The first-order chi connectivity index (χ1) is 13.2. The summed E-state index contributed by atoms with van der Waals surface area (Å²) in [5, 5.41) is 0. The second kappa shape index (κ2) is 7.88. The van der Waals surface area contributed by atoms with E-state index in [9.17, 15) is 4.79 Å². The molecule has 5 heteroatoms. The molecule has 0 N–H and O–H groups in total. The largest absolute Gasteiger partial charge is 0.490 e. The van der Waals surface area contributed by atoms with E-state index >= 15 is 0 Å². The van der Waals surface area contributed by atoms with Gasteiger partial charge in [-0.15, -0.1) is 0 Å². The summed E-state index contributed by atoms with van der Waals surface area (Å²) in [6.45, 7) is 10.3. The lowest BCUT2D eigenvalue weighted by atomic mass is 9.69. The Hall–Kier alpha value is -1.85. The van der Waals surface area contributed by atoms with Crippen LogP contribution in [0.25, 0.3) is 5.57 Å². The van der Waals surface area contributed by atoms with E-state index in [2.05, 4.69) is 58.9 Å². The van der Waals surface area contributed by atoms with Crippen molar-refractivity contribution in [3.8, 4) is 0 Å². The third-order valence-electron chi connectivity index (χ3n) is 6.35. The third kappa shape index (κ3) is 3.96. The standard InChI is InChI=1S/C23H31BO4/c1-16(24-27-22(2,3)23(4,5)28-24)20(17-11-8-7-9-12-17)18-13-10-14-19(15-18)21(25)26-6/h7-13,18-19H,14-15H2,1-6H3/b20-16-/t18-,19-/m1/s1. The van der Waals surface area contributed by atoms with Gasteiger partial charge in [0.05, 0.1) is 24.2 Å². The number of esters is 1. The number of rotatable bonds is 4. The predicted molar refractivity (Wildman–Crippen MR) is 112 cm³/mol. The van der Waals surface area contributed by atoms with Gasteiger partial charge in [-0.1, -0.05) is 42.5 Å². The lowest BCUT2D eigenvalue weighted by Gasteiger charge is -2.32. The van der Waals surface area contributed by atoms with E-state index in [-0.39, 0.29) is 17.8 Å². The van der Waals surface area contributed by atoms with Crippen molar-refractivity contribution in [3.63, 3.8) is 0 Å². The molecule has 3 rings (SSSR count). The number of carbonyl (C=O) groups excluding carboxylic acids is 1. The first-order valence-corrected chi connectivity index (χ1v) is 10.0. The highest BCUT2D eigenvalue weighted by Gasteiger charge is 2.52. The molecule has 1 fully saturated rings. The average Bonchev–Trinajstić information content (AvgIpc) is 2.90. The minimum atomic E-state index is -0.410. The summed E-state index contributed by atoms with van der Waals surface area (Å²) in [5.41, 5.74) is 2.58. The van der Waals surface area contributed by atoms with Gasteiger partial charge in [0.1, 0.15) is 0 Å². The van der Waals surface area contributed by atoms with Gasteiger partial charge in [-0.2, -0.15) is 0 Å². The van der Waals surface area contributed by atoms with Crippen molar-refractivity contribution in [3.05, 3.63) is 53.5 Å². The zero-order valence-electron chi connectivity index (χ0n) is 17.8. The number of allylic oxidation sites excluding steroid dienone is 4. The first kappa shape index (κ1) is 20.9. The maximum absolute atomic E-state index is 12.1. The smallest absolute Gasteiger partial charge is 0.469 e. The minimum absolute atomic E-state index is 0.110. The maximum atomic E-state index is 12.1. The van der Waals surface area contributed by atoms with Gasteiger partial charge in [-0.3, -0.25) is 4.79 Å². The van der Waals surface area contributed by atoms with Crippen molar-refractivity contribution in [2.45, 2.75) is 58.7 Å². The molecule has 1 saturated heterocycles. The van der Waals surface area contributed by atoms with Gasteiger partial charge in [-0.05, 0) is 64.1 Å². The highest BCUT2D eigenvalue weighted by atomic mass is 16.7. The second-order valence-electron chi connectivity index (χ2n) is 8.78. The van der Waals surface area contributed by atoms with Gasteiger partial charge in [-0.25, -0.2) is 0 Å². The molecule has 0 radical (unpaired) electrons. The molecule has 0 amide bonds. The van der Waals surface area contributed by atoms with Crippen LogP contribution in [0.1, 0.15) is 53.0 Å². The van der Waals surface area contributed by atoms with E-state index in [0.717, 1.165) is 23.9 Å². The van der Waals surface area contributed by atoms with E-state index in [1.807, 2.05) is 18.2 Å². The zero-order valence-corrected chi connectivity index (χ0v) is 17.8. The van der Waals surface area contributed by atoms with Crippen LogP contribution in [-0.2, 0) is 18.8 Å². The second-order valence-corrected chi connectivity index (χ2v) is 8.78. The molecule has 2 atom stereocenters. The Labute approximate surface area is 169 Å². The van der Waals surface area contributed by atoms with E-state index < -0.39 is 18.3 Å². The van der Waals surface area contributed by atoms with Crippen LogP contribution >= 0.6 is 0 Å². The van der Waals surface area contributed by atoms with Gasteiger partial charge >= 0.3 is 13.1 Å². The number of hydrogen-bond donors (Lipinski definition) is 0. The van der Waals surface area contributed by atoms with Crippen LogP contribution in [0.3, 0.4) is 0 Å². The Kier molecular flexibility index (Phi) is 5.88. The van der Waals surface area contributed by atoms with Crippen molar-refractivity contribution in [1.29, 1.82) is 0 Å². The lowest BCUT2D eigenvalue weighted by molar-refractivity contribution is -0.145. The lowest BCUT2D eigenvalue weighted by Crippen LogP contribution is -2.41. The molecule has 28 heavy (non-hydrogen) atoms. The summed E-state index contributed by atoms with van der Waals surface area (Å²) in [7, 11) is 1.05. The van der Waals surface area contributed by atoms with Gasteiger partial charge in [0.2, 0.25) is 0 Å². The quantitative estimate of drug-likeness (QED) is 0.424. The number of carbonyl (C=O) groups is 1. The SMILES string of the molecule is COC(=O)[C@@H]1CC=C[C@@H](/C(=C(/C)B2OC(C)(C)C(C)(C)O2)c2ccccc2)C1. The van der Waals surface area contributed by atoms with Crippen molar-refractivity contribution >= 4 is 18.7 Å². The van der Waals surface area contributed by atoms with Crippen LogP contribution < -0.4 is 0 Å². The van der Waals surface area contributed by atoms with Gasteiger partial charge in [0.25, 0.3) is 0 Å². The van der Waals surface area contributed by atoms with E-state index in [1.165, 1.54) is 12.7 Å². The fraction of sp³-hybridized carbons (Fsp3) is 0.522. The Morgan fingerprint density at radius 1 is 1.11 bits per heavy atom. The van der Waals surface area contributed by atoms with Crippen molar-refractivity contribution in [2.75, 3.05) is 7.11 Å². The summed E-state index contributed by atoms with van der Waals surface area (Å²) >= 11 is 0. The molecular formula is C23H31BO4. The monoisotopic (exact) mass is 382 g/mol. The Morgan fingerprint density at radius 3 is 2.29 bits per heavy atom. The summed E-state index contributed by atoms with van der Waals surface area (Å²) in [5.74, 6) is -0.154. The molecule has 1 aromatic rings. The number of benzene rings is 1. The van der Waals surface area contributed by atoms with Crippen LogP contribution in [0.15, 0.2) is 48.0 Å². The zero-order chi connectivity index (χ0) is 20.5. The van der Waals surface area contributed by atoms with E-state index in [1.54, 1.807) is 0 Å². The summed E-state index contributed by atoms with van der Waals surface area (Å²) in [6, 6.07) is 10.3. The highest BCUT2D eigenvalue weighted by molar-refractivity contribution is 6.56. The van der Waals surface area contributed by atoms with Crippen molar-refractivity contribution < 1.29 is 18.8 Å². The van der Waals surface area contributed by atoms with Crippen molar-refractivity contribution in [1.82, 2.24) is 0 Å². The molecule has 1 aliphatic heterocycles. The molecule has 0 aromatic heterocycles. The van der Waals surface area contributed by atoms with Gasteiger partial charge < -0.3 is 14.0 Å². The molecule has 0 spiro atoms. The summed E-state index contributed by atoms with van der Waals surface area (Å²) in [4.78, 5) is 12.1. The average molecular weight is 382 g/mol. The topological polar surface area (TPSA) is 44.8 Å². The molecule has 4 nitrogen and oxygen atoms in total. The Bertz CT molecular complexity index is 763. The van der Waals surface area contributed by atoms with Crippen LogP contribution in [-0.4, -0.2) is 31.4 Å². The number of methoxy groups -OCH3 is 1. The third-order valence-corrected chi connectivity index (χ3v) is 6.35. The van der Waals surface area contributed by atoms with Crippen molar-refractivity contribution in [2.24, 2.45) is 11.8 Å². The number of hydrogen-bond acceptors (Lipinski definition) is 4. The van der Waals surface area contributed by atoms with E-state index in [0.29, 0.717) is 0 Å². The molecular weight excluding hydrogens is 351 g/mol. The fourth-order valence-electron chi connectivity index (χ4n) is 3.96. The van der Waals surface area contributed by atoms with Gasteiger partial charge in [0.15, 0.2) is 0 Å². The summed E-state index contributed by atoms with van der Waals surface area (Å²) < 4.78 is 17.6. The van der Waals surface area contributed by atoms with Gasteiger partial charge in [0, 0.05) is 5.92 Å².